The molecule has 2 rings (SSSR count). The Balaban J connectivity index is 1.87. The van der Waals surface area contributed by atoms with E-state index in [0.29, 0.717) is 17.9 Å². The number of hydrogen-bond acceptors (Lipinski definition) is 1. The number of carbonyl (C=O) groups is 1. The number of fused-ring (bicyclic) bond motifs is 2. The molecule has 2 saturated carbocycles. The summed E-state index contributed by atoms with van der Waals surface area (Å²) in [4.78, 5) is 14.3. The van der Waals surface area contributed by atoms with Crippen molar-refractivity contribution in [2.24, 2.45) is 17.8 Å². The molecule has 0 N–H and O–H groups in total. The lowest BCUT2D eigenvalue weighted by Crippen LogP contribution is -2.39. The van der Waals surface area contributed by atoms with Crippen LogP contribution in [0.25, 0.3) is 0 Å². The molecule has 0 heterocycles. The van der Waals surface area contributed by atoms with Crippen LogP contribution in [0.5, 0.6) is 0 Å². The molecule has 3 heteroatoms. The Kier molecular flexibility index (Phi) is 4.51. The van der Waals surface area contributed by atoms with Gasteiger partial charge < -0.3 is 4.90 Å². The first-order valence-corrected chi connectivity index (χ1v) is 8.09. The minimum Gasteiger partial charge on any atom is -0.339 e. The zero-order valence-corrected chi connectivity index (χ0v) is 12.6. The maximum absolute atomic E-state index is 12.3. The number of amides is 1. The van der Waals surface area contributed by atoms with Gasteiger partial charge in [-0.1, -0.05) is 22.4 Å². The predicted octanol–water partition coefficient (Wildman–Crippen LogP) is 3.44. The second kappa shape index (κ2) is 5.73. The third-order valence-electron chi connectivity index (χ3n) is 4.59. The molecule has 2 fully saturated rings. The molecule has 2 nitrogen and oxygen atoms in total. The lowest BCUT2D eigenvalue weighted by atomic mass is 9.86. The van der Waals surface area contributed by atoms with Crippen molar-refractivity contribution in [1.29, 1.82) is 0 Å². The Morgan fingerprint density at radius 3 is 2.59 bits per heavy atom. The Morgan fingerprint density at radius 1 is 1.35 bits per heavy atom. The molecule has 17 heavy (non-hydrogen) atoms. The largest absolute Gasteiger partial charge is 0.339 e. The number of carbonyl (C=O) groups excluding carboxylic acids is 1. The highest BCUT2D eigenvalue weighted by molar-refractivity contribution is 9.09. The fourth-order valence-corrected chi connectivity index (χ4v) is 4.11. The van der Waals surface area contributed by atoms with Gasteiger partial charge in [0, 0.05) is 24.3 Å². The van der Waals surface area contributed by atoms with E-state index >= 15 is 0 Å². The van der Waals surface area contributed by atoms with Crippen LogP contribution in [0, 0.1) is 17.8 Å². The summed E-state index contributed by atoms with van der Waals surface area (Å²) in [7, 11) is 0. The molecule has 0 spiro atoms. The van der Waals surface area contributed by atoms with E-state index in [1.807, 2.05) is 4.90 Å². The summed E-state index contributed by atoms with van der Waals surface area (Å²) in [6.45, 7) is 5.07. The smallest absolute Gasteiger partial charge is 0.223 e. The zero-order valence-electron chi connectivity index (χ0n) is 11.0. The summed E-state index contributed by atoms with van der Waals surface area (Å²) < 4.78 is 0. The van der Waals surface area contributed by atoms with Crippen LogP contribution in [-0.4, -0.2) is 28.7 Å². The summed E-state index contributed by atoms with van der Waals surface area (Å²) >= 11 is 3.44. The van der Waals surface area contributed by atoms with Gasteiger partial charge in [0.05, 0.1) is 0 Å². The molecule has 3 atom stereocenters. The van der Waals surface area contributed by atoms with E-state index < -0.39 is 0 Å². The average molecular weight is 302 g/mol. The van der Waals surface area contributed by atoms with Crippen LogP contribution >= 0.6 is 15.9 Å². The van der Waals surface area contributed by atoms with Crippen LogP contribution < -0.4 is 0 Å². The molecular formula is C14H24BrNO. The van der Waals surface area contributed by atoms with Crippen LogP contribution in [0.15, 0.2) is 0 Å². The molecule has 0 aromatic carbocycles. The Labute approximate surface area is 113 Å². The predicted molar refractivity (Wildman–Crippen MR) is 74.2 cm³/mol. The molecule has 2 aliphatic carbocycles. The van der Waals surface area contributed by atoms with Gasteiger partial charge in [0.1, 0.15) is 0 Å². The van der Waals surface area contributed by atoms with Crippen molar-refractivity contribution in [3.8, 4) is 0 Å². The van der Waals surface area contributed by atoms with Gasteiger partial charge in [-0.15, -0.1) is 0 Å². The standard InChI is InChI=1S/C14H24BrNO/c1-10(2)16(6-5-15)14(17)9-13-8-11-3-4-12(13)7-11/h10-13H,3-9H2,1-2H3. The zero-order chi connectivity index (χ0) is 12.4. The van der Waals surface area contributed by atoms with Gasteiger partial charge in [-0.2, -0.15) is 0 Å². The first-order chi connectivity index (χ1) is 8.11. The van der Waals surface area contributed by atoms with Crippen molar-refractivity contribution in [1.82, 2.24) is 4.90 Å². The number of hydrogen-bond donors (Lipinski definition) is 0. The molecule has 0 aromatic heterocycles. The number of alkyl halides is 1. The second-order valence-corrected chi connectivity index (χ2v) is 6.80. The van der Waals surface area contributed by atoms with Gasteiger partial charge in [0.15, 0.2) is 0 Å². The third kappa shape index (κ3) is 3.04. The molecule has 0 radical (unpaired) electrons. The average Bonchev–Trinajstić information content (AvgIpc) is 2.86. The summed E-state index contributed by atoms with van der Waals surface area (Å²) in [5.41, 5.74) is 0. The Hall–Kier alpha value is -0.0500. The Morgan fingerprint density at radius 2 is 2.12 bits per heavy atom. The quantitative estimate of drug-likeness (QED) is 0.712. The van der Waals surface area contributed by atoms with Crippen molar-refractivity contribution in [2.75, 3.05) is 11.9 Å². The highest BCUT2D eigenvalue weighted by atomic mass is 79.9. The van der Waals surface area contributed by atoms with Gasteiger partial charge in [-0.25, -0.2) is 0 Å². The lowest BCUT2D eigenvalue weighted by molar-refractivity contribution is -0.134. The SMILES string of the molecule is CC(C)N(CCBr)C(=O)CC1CC2CCC1C2. The first-order valence-electron chi connectivity index (χ1n) is 6.97. The molecule has 2 aliphatic rings. The number of halogens is 1. The maximum atomic E-state index is 12.3. The minimum absolute atomic E-state index is 0.332. The summed E-state index contributed by atoms with van der Waals surface area (Å²) in [5.74, 6) is 2.87. The summed E-state index contributed by atoms with van der Waals surface area (Å²) in [5, 5.41) is 0.883. The van der Waals surface area contributed by atoms with E-state index in [-0.39, 0.29) is 0 Å². The molecule has 1 amide bonds. The summed E-state index contributed by atoms with van der Waals surface area (Å²) in [6.07, 6.45) is 6.31. The van der Waals surface area contributed by atoms with Crippen molar-refractivity contribution < 1.29 is 4.79 Å². The minimum atomic E-state index is 0.332. The number of rotatable bonds is 5. The molecule has 0 aromatic rings. The Bertz CT molecular complexity index is 279. The second-order valence-electron chi connectivity index (χ2n) is 6.01. The van der Waals surface area contributed by atoms with Gasteiger partial charge in [0.2, 0.25) is 5.91 Å². The fourth-order valence-electron chi connectivity index (χ4n) is 3.73. The number of nitrogens with zero attached hydrogens (tertiary/aromatic N) is 1. The van der Waals surface area contributed by atoms with E-state index in [4.69, 9.17) is 0 Å². The molecule has 3 unspecified atom stereocenters. The summed E-state index contributed by atoms with van der Waals surface area (Å²) in [6, 6.07) is 0.332. The van der Waals surface area contributed by atoms with Crippen LogP contribution in [0.2, 0.25) is 0 Å². The van der Waals surface area contributed by atoms with Crippen molar-refractivity contribution >= 4 is 21.8 Å². The van der Waals surface area contributed by atoms with Crippen molar-refractivity contribution in [2.45, 2.75) is 52.0 Å². The van der Waals surface area contributed by atoms with Crippen molar-refractivity contribution in [3.05, 3.63) is 0 Å². The van der Waals surface area contributed by atoms with E-state index in [1.165, 1.54) is 25.7 Å². The van der Waals surface area contributed by atoms with E-state index in [1.54, 1.807) is 0 Å². The van der Waals surface area contributed by atoms with E-state index in [2.05, 4.69) is 29.8 Å². The monoisotopic (exact) mass is 301 g/mol. The molecular weight excluding hydrogens is 278 g/mol. The maximum Gasteiger partial charge on any atom is 0.223 e. The van der Waals surface area contributed by atoms with E-state index in [9.17, 15) is 4.79 Å². The van der Waals surface area contributed by atoms with Gasteiger partial charge in [0.25, 0.3) is 0 Å². The van der Waals surface area contributed by atoms with Gasteiger partial charge in [-0.05, 0) is 50.9 Å². The molecule has 0 aliphatic heterocycles. The topological polar surface area (TPSA) is 20.3 Å². The highest BCUT2D eigenvalue weighted by Crippen LogP contribution is 2.49. The lowest BCUT2D eigenvalue weighted by Gasteiger charge is -2.29. The fraction of sp³-hybridized carbons (Fsp3) is 0.929. The van der Waals surface area contributed by atoms with Crippen LogP contribution in [0.3, 0.4) is 0 Å². The van der Waals surface area contributed by atoms with Crippen molar-refractivity contribution in [3.63, 3.8) is 0 Å². The molecule has 2 bridgehead atoms. The van der Waals surface area contributed by atoms with E-state index in [0.717, 1.165) is 30.1 Å². The molecule has 0 saturated heterocycles. The van der Waals surface area contributed by atoms with Gasteiger partial charge in [-0.3, -0.25) is 4.79 Å². The molecule has 98 valence electrons. The normalized spacial score (nSPS) is 31.2. The third-order valence-corrected chi connectivity index (χ3v) is 4.95. The van der Waals surface area contributed by atoms with Crippen LogP contribution in [-0.2, 0) is 4.79 Å². The highest BCUT2D eigenvalue weighted by Gasteiger charge is 2.40. The first kappa shape index (κ1) is 13.4. The van der Waals surface area contributed by atoms with Crippen LogP contribution in [0.4, 0.5) is 0 Å². The van der Waals surface area contributed by atoms with Crippen LogP contribution in [0.1, 0.15) is 46.0 Å². The van der Waals surface area contributed by atoms with Gasteiger partial charge >= 0.3 is 0 Å².